The van der Waals surface area contributed by atoms with Crippen LogP contribution in [0.3, 0.4) is 0 Å². The second-order valence-corrected chi connectivity index (χ2v) is 4.70. The van der Waals surface area contributed by atoms with Gasteiger partial charge in [0.2, 0.25) is 0 Å². The molecule has 0 aliphatic heterocycles. The average Bonchev–Trinajstić information content (AvgIpc) is 2.61. The fourth-order valence-electron chi connectivity index (χ4n) is 1.32. The SMILES string of the molecule is Cc1sc(C(=O)Nc2ccccc2)cc1N. The first-order valence-corrected chi connectivity index (χ1v) is 5.71. The van der Waals surface area contributed by atoms with E-state index in [0.29, 0.717) is 10.6 Å². The highest BCUT2D eigenvalue weighted by Gasteiger charge is 2.10. The Kier molecular flexibility index (Phi) is 2.92. The number of benzene rings is 1. The minimum atomic E-state index is -0.115. The summed E-state index contributed by atoms with van der Waals surface area (Å²) in [6.45, 7) is 1.90. The van der Waals surface area contributed by atoms with Gasteiger partial charge in [0.25, 0.3) is 5.91 Å². The Morgan fingerprint density at radius 2 is 2.00 bits per heavy atom. The summed E-state index contributed by atoms with van der Waals surface area (Å²) in [5.74, 6) is -0.115. The molecular weight excluding hydrogens is 220 g/mol. The van der Waals surface area contributed by atoms with Crippen molar-refractivity contribution in [1.82, 2.24) is 0 Å². The van der Waals surface area contributed by atoms with E-state index in [0.717, 1.165) is 10.6 Å². The Morgan fingerprint density at radius 3 is 2.56 bits per heavy atom. The van der Waals surface area contributed by atoms with Crippen LogP contribution in [-0.4, -0.2) is 5.91 Å². The number of carbonyl (C=O) groups excluding carboxylic acids is 1. The number of nitrogens with one attached hydrogen (secondary N) is 1. The van der Waals surface area contributed by atoms with Crippen molar-refractivity contribution in [2.24, 2.45) is 0 Å². The maximum atomic E-state index is 11.8. The molecule has 2 rings (SSSR count). The van der Waals surface area contributed by atoms with Gasteiger partial charge in [0.1, 0.15) is 0 Å². The fourth-order valence-corrected chi connectivity index (χ4v) is 2.16. The summed E-state index contributed by atoms with van der Waals surface area (Å²) in [6.07, 6.45) is 0. The smallest absolute Gasteiger partial charge is 0.265 e. The van der Waals surface area contributed by atoms with E-state index in [1.165, 1.54) is 11.3 Å². The normalized spacial score (nSPS) is 10.1. The van der Waals surface area contributed by atoms with E-state index in [1.807, 2.05) is 37.3 Å². The van der Waals surface area contributed by atoms with Gasteiger partial charge in [0.05, 0.1) is 4.88 Å². The van der Waals surface area contributed by atoms with Gasteiger partial charge in [-0.15, -0.1) is 11.3 Å². The molecule has 82 valence electrons. The van der Waals surface area contributed by atoms with Gasteiger partial charge >= 0.3 is 0 Å². The number of amides is 1. The number of nitrogens with two attached hydrogens (primary N) is 1. The molecule has 0 spiro atoms. The number of carbonyl (C=O) groups is 1. The summed E-state index contributed by atoms with van der Waals surface area (Å²) in [5, 5.41) is 2.81. The van der Waals surface area contributed by atoms with E-state index < -0.39 is 0 Å². The molecule has 4 heteroatoms. The van der Waals surface area contributed by atoms with Crippen molar-refractivity contribution >= 4 is 28.6 Å². The van der Waals surface area contributed by atoms with Gasteiger partial charge in [-0.05, 0) is 25.1 Å². The monoisotopic (exact) mass is 232 g/mol. The number of rotatable bonds is 2. The van der Waals surface area contributed by atoms with Crippen LogP contribution in [0.1, 0.15) is 14.5 Å². The van der Waals surface area contributed by atoms with Crippen LogP contribution in [0, 0.1) is 6.92 Å². The first-order chi connectivity index (χ1) is 7.66. The molecule has 1 amide bonds. The van der Waals surface area contributed by atoms with E-state index >= 15 is 0 Å². The van der Waals surface area contributed by atoms with Gasteiger partial charge in [-0.3, -0.25) is 4.79 Å². The molecule has 16 heavy (non-hydrogen) atoms. The Morgan fingerprint density at radius 1 is 1.31 bits per heavy atom. The Labute approximate surface area is 97.9 Å². The van der Waals surface area contributed by atoms with Crippen molar-refractivity contribution in [3.05, 3.63) is 46.2 Å². The van der Waals surface area contributed by atoms with Gasteiger partial charge in [-0.2, -0.15) is 0 Å². The molecule has 0 fully saturated rings. The van der Waals surface area contributed by atoms with Gasteiger partial charge in [0, 0.05) is 16.3 Å². The number of para-hydroxylation sites is 1. The highest BCUT2D eigenvalue weighted by atomic mass is 32.1. The molecule has 0 radical (unpaired) electrons. The summed E-state index contributed by atoms with van der Waals surface area (Å²) in [4.78, 5) is 13.4. The first kappa shape index (κ1) is 10.7. The number of aryl methyl sites for hydroxylation is 1. The van der Waals surface area contributed by atoms with Crippen molar-refractivity contribution in [2.45, 2.75) is 6.92 Å². The third-order valence-electron chi connectivity index (χ3n) is 2.21. The largest absolute Gasteiger partial charge is 0.398 e. The van der Waals surface area contributed by atoms with E-state index in [2.05, 4.69) is 5.32 Å². The molecule has 1 aromatic heterocycles. The van der Waals surface area contributed by atoms with E-state index in [4.69, 9.17) is 5.73 Å². The number of hydrogen-bond donors (Lipinski definition) is 2. The van der Waals surface area contributed by atoms with Crippen molar-refractivity contribution in [3.8, 4) is 0 Å². The van der Waals surface area contributed by atoms with E-state index in [1.54, 1.807) is 6.07 Å². The summed E-state index contributed by atoms with van der Waals surface area (Å²) >= 11 is 1.40. The van der Waals surface area contributed by atoms with Crippen LogP contribution in [0.5, 0.6) is 0 Å². The molecule has 0 aliphatic carbocycles. The number of hydrogen-bond acceptors (Lipinski definition) is 3. The maximum Gasteiger partial charge on any atom is 0.265 e. The van der Waals surface area contributed by atoms with Crippen LogP contribution >= 0.6 is 11.3 Å². The van der Waals surface area contributed by atoms with Gasteiger partial charge < -0.3 is 11.1 Å². The number of nitrogen functional groups attached to an aromatic ring is 1. The lowest BCUT2D eigenvalue weighted by Gasteiger charge is -2.01. The topological polar surface area (TPSA) is 55.1 Å². The lowest BCUT2D eigenvalue weighted by Crippen LogP contribution is -2.09. The van der Waals surface area contributed by atoms with Crippen LogP contribution in [-0.2, 0) is 0 Å². The van der Waals surface area contributed by atoms with Gasteiger partial charge in [0.15, 0.2) is 0 Å². The van der Waals surface area contributed by atoms with Crippen LogP contribution in [0.25, 0.3) is 0 Å². The molecule has 1 aromatic carbocycles. The van der Waals surface area contributed by atoms with Crippen molar-refractivity contribution < 1.29 is 4.79 Å². The molecule has 1 heterocycles. The number of thiophene rings is 1. The third-order valence-corrected chi connectivity index (χ3v) is 3.28. The minimum absolute atomic E-state index is 0.115. The fraction of sp³-hybridized carbons (Fsp3) is 0.0833. The molecule has 0 aliphatic rings. The van der Waals surface area contributed by atoms with Crippen LogP contribution in [0.2, 0.25) is 0 Å². The Bertz CT molecular complexity index is 485. The Balaban J connectivity index is 2.15. The van der Waals surface area contributed by atoms with Crippen molar-refractivity contribution in [1.29, 1.82) is 0 Å². The zero-order valence-corrected chi connectivity index (χ0v) is 9.67. The van der Waals surface area contributed by atoms with Crippen LogP contribution < -0.4 is 11.1 Å². The van der Waals surface area contributed by atoms with E-state index in [-0.39, 0.29) is 5.91 Å². The van der Waals surface area contributed by atoms with Crippen LogP contribution in [0.15, 0.2) is 36.4 Å². The lowest BCUT2D eigenvalue weighted by molar-refractivity contribution is 0.103. The molecule has 0 saturated carbocycles. The molecule has 2 aromatic rings. The second kappa shape index (κ2) is 4.37. The molecule has 0 bridgehead atoms. The average molecular weight is 232 g/mol. The summed E-state index contributed by atoms with van der Waals surface area (Å²) in [6, 6.07) is 11.1. The maximum absolute atomic E-state index is 11.8. The molecular formula is C12H12N2OS. The molecule has 0 atom stereocenters. The highest BCUT2D eigenvalue weighted by Crippen LogP contribution is 2.24. The zero-order valence-electron chi connectivity index (χ0n) is 8.86. The minimum Gasteiger partial charge on any atom is -0.398 e. The van der Waals surface area contributed by atoms with Gasteiger partial charge in [-0.1, -0.05) is 18.2 Å². The summed E-state index contributed by atoms with van der Waals surface area (Å²) < 4.78 is 0. The lowest BCUT2D eigenvalue weighted by atomic mass is 10.3. The summed E-state index contributed by atoms with van der Waals surface area (Å²) in [5.41, 5.74) is 7.16. The quantitative estimate of drug-likeness (QED) is 0.836. The summed E-state index contributed by atoms with van der Waals surface area (Å²) in [7, 11) is 0. The highest BCUT2D eigenvalue weighted by molar-refractivity contribution is 7.14. The van der Waals surface area contributed by atoms with Crippen molar-refractivity contribution in [2.75, 3.05) is 11.1 Å². The third kappa shape index (κ3) is 2.23. The second-order valence-electron chi connectivity index (χ2n) is 3.44. The standard InChI is InChI=1S/C12H12N2OS/c1-8-10(13)7-11(16-8)12(15)14-9-5-3-2-4-6-9/h2-7H,13H2,1H3,(H,14,15). The number of anilines is 2. The predicted molar refractivity (Wildman–Crippen MR) is 67.9 cm³/mol. The zero-order chi connectivity index (χ0) is 11.5. The van der Waals surface area contributed by atoms with Crippen molar-refractivity contribution in [3.63, 3.8) is 0 Å². The van der Waals surface area contributed by atoms with E-state index in [9.17, 15) is 4.79 Å². The predicted octanol–water partition coefficient (Wildman–Crippen LogP) is 2.89. The molecule has 3 N–H and O–H groups in total. The molecule has 0 unspecified atom stereocenters. The van der Waals surface area contributed by atoms with Crippen LogP contribution in [0.4, 0.5) is 11.4 Å². The first-order valence-electron chi connectivity index (χ1n) is 4.89. The molecule has 3 nitrogen and oxygen atoms in total. The van der Waals surface area contributed by atoms with Gasteiger partial charge in [-0.25, -0.2) is 0 Å². The Hall–Kier alpha value is -1.81. The molecule has 0 saturated heterocycles.